The Kier molecular flexibility index (Phi) is 3.88. The van der Waals surface area contributed by atoms with Gasteiger partial charge in [-0.25, -0.2) is 9.97 Å². The number of fused-ring (bicyclic) bond motifs is 2. The molecule has 26 heavy (non-hydrogen) atoms. The zero-order valence-corrected chi connectivity index (χ0v) is 16.1. The highest BCUT2D eigenvalue weighted by Crippen LogP contribution is 2.28. The molecule has 7 heteroatoms. The first-order chi connectivity index (χ1) is 12.7. The van der Waals surface area contributed by atoms with Gasteiger partial charge in [0.25, 0.3) is 5.56 Å². The normalized spacial score (nSPS) is 20.3. The van der Waals surface area contributed by atoms with E-state index < -0.39 is 0 Å². The van der Waals surface area contributed by atoms with Gasteiger partial charge in [-0.2, -0.15) is 0 Å². The highest BCUT2D eigenvalue weighted by molar-refractivity contribution is 7.18. The van der Waals surface area contributed by atoms with E-state index in [4.69, 9.17) is 9.97 Å². The summed E-state index contributed by atoms with van der Waals surface area (Å²) in [6.07, 6.45) is 2.34. The molecule has 1 unspecified atom stereocenters. The molecule has 2 atom stereocenters. The van der Waals surface area contributed by atoms with Crippen molar-refractivity contribution in [2.75, 3.05) is 6.54 Å². The molecule has 1 aromatic carbocycles. The minimum absolute atomic E-state index is 0.0267. The fourth-order valence-corrected chi connectivity index (χ4v) is 5.94. The summed E-state index contributed by atoms with van der Waals surface area (Å²) in [5.74, 6) is 0. The summed E-state index contributed by atoms with van der Waals surface area (Å²) in [5, 5.41) is 3.20. The van der Waals surface area contributed by atoms with Gasteiger partial charge in [-0.15, -0.1) is 22.7 Å². The van der Waals surface area contributed by atoms with Crippen molar-refractivity contribution in [2.24, 2.45) is 0 Å². The van der Waals surface area contributed by atoms with Gasteiger partial charge in [0, 0.05) is 30.0 Å². The predicted octanol–water partition coefficient (Wildman–Crippen LogP) is 2.59. The Bertz CT molecular complexity index is 1130. The topological polar surface area (TPSA) is 51.7 Å². The summed E-state index contributed by atoms with van der Waals surface area (Å²) >= 11 is 3.33. The Morgan fingerprint density at radius 2 is 2.19 bits per heavy atom. The van der Waals surface area contributed by atoms with Crippen LogP contribution in [0.5, 0.6) is 0 Å². The number of nitrogens with zero attached hydrogens (tertiary/aromatic N) is 3. The molecule has 0 saturated carbocycles. The molecule has 0 bridgehead atoms. The Morgan fingerprint density at radius 3 is 3.08 bits per heavy atom. The molecule has 1 N–H and O–H groups in total. The molecule has 1 fully saturated rings. The van der Waals surface area contributed by atoms with Gasteiger partial charge in [-0.1, -0.05) is 12.1 Å². The number of likely N-dealkylation sites (tertiary alicyclic amines) is 1. The van der Waals surface area contributed by atoms with Crippen LogP contribution in [0.15, 0.2) is 40.5 Å². The second kappa shape index (κ2) is 6.26. The summed E-state index contributed by atoms with van der Waals surface area (Å²) in [5.41, 5.74) is 2.96. The van der Waals surface area contributed by atoms with Crippen LogP contribution in [0.2, 0.25) is 0 Å². The standard InChI is InChI=1S/C19H18N4OS2/c1-12-11-25-19-20-13(9-17(24)23(12)19)10-22-8-4-6-15(22)18-21-14-5-2-3-7-16(14)26-18/h2-3,5,7,9,11,15H,4,6,8,10H2,1H3/p+1/t15-/m0/s1. The van der Waals surface area contributed by atoms with Crippen molar-refractivity contribution < 1.29 is 4.90 Å². The summed E-state index contributed by atoms with van der Waals surface area (Å²) < 4.78 is 2.94. The van der Waals surface area contributed by atoms with E-state index in [-0.39, 0.29) is 5.56 Å². The third kappa shape index (κ3) is 2.67. The Labute approximate surface area is 158 Å². The highest BCUT2D eigenvalue weighted by atomic mass is 32.1. The minimum Gasteiger partial charge on any atom is -0.322 e. The van der Waals surface area contributed by atoms with Crippen molar-refractivity contribution >= 4 is 37.9 Å². The van der Waals surface area contributed by atoms with Crippen molar-refractivity contribution in [1.82, 2.24) is 14.4 Å². The first-order valence-electron chi connectivity index (χ1n) is 8.86. The molecule has 0 amide bonds. The van der Waals surface area contributed by atoms with Crippen LogP contribution in [0.25, 0.3) is 15.2 Å². The van der Waals surface area contributed by atoms with Gasteiger partial charge in [0.1, 0.15) is 18.3 Å². The number of aryl methyl sites for hydroxylation is 1. The first kappa shape index (κ1) is 16.1. The van der Waals surface area contributed by atoms with Gasteiger partial charge in [0.15, 0.2) is 9.97 Å². The fraction of sp³-hybridized carbons (Fsp3) is 0.316. The number of aromatic nitrogens is 3. The van der Waals surface area contributed by atoms with Crippen molar-refractivity contribution in [3.63, 3.8) is 0 Å². The fourth-order valence-electron chi connectivity index (χ4n) is 3.88. The van der Waals surface area contributed by atoms with Crippen LogP contribution < -0.4 is 10.5 Å². The highest BCUT2D eigenvalue weighted by Gasteiger charge is 2.33. The molecule has 0 radical (unpaired) electrons. The molecule has 5 rings (SSSR count). The molecule has 5 nitrogen and oxygen atoms in total. The second-order valence-electron chi connectivity index (χ2n) is 6.88. The van der Waals surface area contributed by atoms with Gasteiger partial charge in [0.05, 0.1) is 16.8 Å². The van der Waals surface area contributed by atoms with Crippen LogP contribution in [0.4, 0.5) is 0 Å². The lowest BCUT2D eigenvalue weighted by atomic mass is 10.2. The number of hydrogen-bond acceptors (Lipinski definition) is 5. The lowest BCUT2D eigenvalue weighted by Gasteiger charge is -2.19. The summed E-state index contributed by atoms with van der Waals surface area (Å²) in [4.78, 5) is 24.3. The molecule has 0 aliphatic carbocycles. The van der Waals surface area contributed by atoms with Crippen LogP contribution in [-0.2, 0) is 6.54 Å². The number of rotatable bonds is 3. The maximum Gasteiger partial charge on any atom is 0.259 e. The van der Waals surface area contributed by atoms with Crippen LogP contribution in [0, 0.1) is 6.92 Å². The zero-order chi connectivity index (χ0) is 17.7. The molecular formula is C19H19N4OS2+. The predicted molar refractivity (Wildman–Crippen MR) is 105 cm³/mol. The third-order valence-corrected chi connectivity index (χ3v) is 7.22. The number of benzene rings is 1. The van der Waals surface area contributed by atoms with Crippen LogP contribution in [0.1, 0.15) is 35.3 Å². The van der Waals surface area contributed by atoms with Gasteiger partial charge < -0.3 is 4.90 Å². The summed E-state index contributed by atoms with van der Waals surface area (Å²) in [6.45, 7) is 3.83. The number of quaternary nitrogens is 1. The minimum atomic E-state index is 0.0267. The van der Waals surface area contributed by atoms with Crippen molar-refractivity contribution in [2.45, 2.75) is 32.4 Å². The van der Waals surface area contributed by atoms with Crippen LogP contribution in [0.3, 0.4) is 0 Å². The third-order valence-electron chi connectivity index (χ3n) is 5.13. The van der Waals surface area contributed by atoms with E-state index in [2.05, 4.69) is 18.2 Å². The quantitative estimate of drug-likeness (QED) is 0.592. The number of hydrogen-bond donors (Lipinski definition) is 1. The molecule has 4 aromatic rings. The monoisotopic (exact) mass is 383 g/mol. The molecule has 132 valence electrons. The average Bonchev–Trinajstić information content (AvgIpc) is 3.33. The van der Waals surface area contributed by atoms with Gasteiger partial charge in [0.2, 0.25) is 0 Å². The average molecular weight is 384 g/mol. The first-order valence-corrected chi connectivity index (χ1v) is 10.6. The zero-order valence-electron chi connectivity index (χ0n) is 14.4. The molecular weight excluding hydrogens is 364 g/mol. The Hall–Kier alpha value is -2.09. The van der Waals surface area contributed by atoms with E-state index in [1.54, 1.807) is 21.8 Å². The van der Waals surface area contributed by atoms with Crippen LogP contribution in [-0.4, -0.2) is 20.9 Å². The van der Waals surface area contributed by atoms with Crippen LogP contribution >= 0.6 is 22.7 Å². The lowest BCUT2D eigenvalue weighted by molar-refractivity contribution is -0.932. The maximum absolute atomic E-state index is 12.4. The number of nitrogens with one attached hydrogen (secondary N) is 1. The summed E-state index contributed by atoms with van der Waals surface area (Å²) in [6, 6.07) is 10.4. The summed E-state index contributed by atoms with van der Waals surface area (Å²) in [7, 11) is 0. The molecule has 1 saturated heterocycles. The van der Waals surface area contributed by atoms with Gasteiger partial charge in [-0.3, -0.25) is 9.20 Å². The van der Waals surface area contributed by atoms with E-state index in [0.717, 1.165) is 41.4 Å². The van der Waals surface area contributed by atoms with Gasteiger partial charge in [-0.05, 0) is 19.1 Å². The van der Waals surface area contributed by atoms with Crippen molar-refractivity contribution in [1.29, 1.82) is 0 Å². The Balaban J connectivity index is 1.46. The number of thiazole rings is 2. The van der Waals surface area contributed by atoms with Crippen molar-refractivity contribution in [3.05, 3.63) is 62.5 Å². The molecule has 4 heterocycles. The molecule has 1 aliphatic heterocycles. The SMILES string of the molecule is Cc1csc2nc(C[NH+]3CCC[C@H]3c3nc4ccccc4s3)cc(=O)n12. The largest absolute Gasteiger partial charge is 0.322 e. The lowest BCUT2D eigenvalue weighted by Crippen LogP contribution is -3.09. The van der Waals surface area contributed by atoms with E-state index >= 15 is 0 Å². The van der Waals surface area contributed by atoms with E-state index in [9.17, 15) is 4.79 Å². The number of para-hydroxylation sites is 1. The van der Waals surface area contributed by atoms with E-state index in [0.29, 0.717) is 6.04 Å². The Morgan fingerprint density at radius 1 is 1.31 bits per heavy atom. The van der Waals surface area contributed by atoms with Gasteiger partial charge >= 0.3 is 0 Å². The smallest absolute Gasteiger partial charge is 0.259 e. The van der Waals surface area contributed by atoms with Crippen molar-refractivity contribution in [3.8, 4) is 0 Å². The van der Waals surface area contributed by atoms with E-state index in [1.165, 1.54) is 32.4 Å². The maximum atomic E-state index is 12.4. The molecule has 3 aromatic heterocycles. The second-order valence-corrected chi connectivity index (χ2v) is 8.78. The van der Waals surface area contributed by atoms with E-state index in [1.807, 2.05) is 18.4 Å². The molecule has 0 spiro atoms. The molecule has 1 aliphatic rings.